The van der Waals surface area contributed by atoms with Crippen molar-refractivity contribution in [1.29, 1.82) is 0 Å². The van der Waals surface area contributed by atoms with Crippen molar-refractivity contribution in [2.45, 2.75) is 70.7 Å². The van der Waals surface area contributed by atoms with Crippen molar-refractivity contribution >= 4 is 25.2 Å². The maximum absolute atomic E-state index is 12.8. The molecule has 0 saturated heterocycles. The van der Waals surface area contributed by atoms with Gasteiger partial charge in [0.15, 0.2) is 12.2 Å². The molecular weight excluding hydrogens is 526 g/mol. The van der Waals surface area contributed by atoms with Gasteiger partial charge in [-0.1, -0.05) is 12.5 Å². The Morgan fingerprint density at radius 3 is 2.83 bits per heavy atom. The fourth-order valence-corrected chi connectivity index (χ4v) is 6.15. The highest BCUT2D eigenvalue weighted by molar-refractivity contribution is 7.59. The molecule has 2 aliphatic carbocycles. The number of β-amino-alcohol motifs (C(OH)–C–C–N with tert-alkyl or cyclic N) is 1. The van der Waals surface area contributed by atoms with Gasteiger partial charge in [0.05, 0.1) is 11.8 Å². The van der Waals surface area contributed by atoms with Crippen LogP contribution in [0.4, 0.5) is 5.82 Å². The first-order valence-electron chi connectivity index (χ1n) is 14.0. The second kappa shape index (κ2) is 12.2. The Hall–Kier alpha value is -3.08. The van der Waals surface area contributed by atoms with E-state index in [2.05, 4.69) is 37.6 Å². The number of hydrogen-bond acceptors (Lipinski definition) is 8. The molecule has 2 saturated carbocycles. The summed E-state index contributed by atoms with van der Waals surface area (Å²) in [6.45, 7) is 4.54. The van der Waals surface area contributed by atoms with Crippen molar-refractivity contribution in [3.05, 3.63) is 71.1 Å². The van der Waals surface area contributed by atoms with Gasteiger partial charge in [0.25, 0.3) is 5.91 Å². The van der Waals surface area contributed by atoms with Gasteiger partial charge in [-0.2, -0.15) is 13.5 Å². The first-order valence-corrected chi connectivity index (χ1v) is 14.0. The van der Waals surface area contributed by atoms with Crippen LogP contribution in [0.5, 0.6) is 5.75 Å². The molecule has 2 fully saturated rings. The molecule has 3 aromatic rings. The van der Waals surface area contributed by atoms with Crippen LogP contribution < -0.4 is 15.4 Å². The normalized spacial score (nSPS) is 18.6. The van der Waals surface area contributed by atoms with Crippen LogP contribution in [0.25, 0.3) is 0 Å². The largest absolute Gasteiger partial charge is 0.486 e. The lowest BCUT2D eigenvalue weighted by atomic mass is 9.54. The first kappa shape index (κ1) is 28.4. The molecule has 0 radical (unpaired) electrons. The number of pyridine rings is 1. The van der Waals surface area contributed by atoms with Gasteiger partial charge in [-0.05, 0) is 79.8 Å². The number of aryl methyl sites for hydroxylation is 1. The minimum Gasteiger partial charge on any atom is -0.486 e. The molecule has 1 spiro atoms. The summed E-state index contributed by atoms with van der Waals surface area (Å²) in [5, 5.41) is 17.0. The first-order chi connectivity index (χ1) is 18.9. The minimum absolute atomic E-state index is 0. The van der Waals surface area contributed by atoms with E-state index < -0.39 is 6.10 Å². The Kier molecular flexibility index (Phi) is 8.68. The number of fused-ring (bicyclic) bond motifs is 1. The van der Waals surface area contributed by atoms with Gasteiger partial charge in [0.2, 0.25) is 0 Å². The number of aromatic nitrogens is 2. The number of nitrogens with zero attached hydrogens (tertiary/aromatic N) is 3. The van der Waals surface area contributed by atoms with Crippen LogP contribution in [-0.4, -0.2) is 57.7 Å². The summed E-state index contributed by atoms with van der Waals surface area (Å²) in [5.74, 6) is 2.10. The van der Waals surface area contributed by atoms with E-state index in [1.807, 2.05) is 13.0 Å². The number of hydrogen-bond donors (Lipinski definition) is 3. The third-order valence-electron chi connectivity index (χ3n) is 8.60. The van der Waals surface area contributed by atoms with Crippen molar-refractivity contribution < 1.29 is 19.1 Å². The zero-order valence-electron chi connectivity index (χ0n) is 23.0. The van der Waals surface area contributed by atoms with E-state index in [9.17, 15) is 9.90 Å². The molecule has 40 heavy (non-hydrogen) atoms. The van der Waals surface area contributed by atoms with Gasteiger partial charge in [-0.3, -0.25) is 9.69 Å². The quantitative estimate of drug-likeness (QED) is 0.339. The number of benzene rings is 1. The summed E-state index contributed by atoms with van der Waals surface area (Å²) in [5.41, 5.74) is 4.47. The van der Waals surface area contributed by atoms with Crippen molar-refractivity contribution in [3.63, 3.8) is 0 Å². The molecule has 0 bridgehead atoms. The van der Waals surface area contributed by atoms with Crippen molar-refractivity contribution in [1.82, 2.24) is 20.2 Å². The van der Waals surface area contributed by atoms with Gasteiger partial charge in [0, 0.05) is 44.0 Å². The predicted molar refractivity (Wildman–Crippen MR) is 157 cm³/mol. The van der Waals surface area contributed by atoms with Gasteiger partial charge >= 0.3 is 0 Å². The predicted octanol–water partition coefficient (Wildman–Crippen LogP) is 3.96. The second-order valence-corrected chi connectivity index (χ2v) is 11.5. The number of rotatable bonds is 10. The van der Waals surface area contributed by atoms with E-state index in [0.29, 0.717) is 30.2 Å². The molecule has 1 aliphatic heterocycles. The van der Waals surface area contributed by atoms with Crippen LogP contribution in [0.3, 0.4) is 0 Å². The van der Waals surface area contributed by atoms with Gasteiger partial charge in [-0.15, -0.1) is 0 Å². The van der Waals surface area contributed by atoms with E-state index in [1.165, 1.54) is 49.6 Å². The average molecular weight is 566 g/mol. The van der Waals surface area contributed by atoms with E-state index in [-0.39, 0.29) is 25.9 Å². The van der Waals surface area contributed by atoms with Crippen LogP contribution in [0.2, 0.25) is 0 Å². The zero-order chi connectivity index (χ0) is 26.8. The Morgan fingerprint density at radius 2 is 2.08 bits per heavy atom. The van der Waals surface area contributed by atoms with Crippen molar-refractivity contribution in [3.8, 4) is 5.75 Å². The minimum atomic E-state index is -0.656. The highest BCUT2D eigenvalue weighted by Crippen LogP contribution is 2.56. The molecule has 1 atom stereocenters. The Bertz CT molecular complexity index is 1320. The standard InChI is InChI=1S/C30H37N5O4.H2S/c1-20-27(39-19-33-20)18-38-26-4-3-23-16-35(10-6-21(23)11-26)17-25(36)15-32-29(37)22-5-9-31-28(12-22)34-24-13-30(14-24)7-2-8-30;/h3-5,9,11-12,19,24-25,36H,2,6-8,10,13-18H2,1H3,(H,31,34)(H,32,37);1H2/t25-;/m0./s1. The summed E-state index contributed by atoms with van der Waals surface area (Å²) >= 11 is 0. The molecule has 0 unspecified atom stereocenters. The van der Waals surface area contributed by atoms with Crippen LogP contribution >= 0.6 is 13.5 Å². The number of anilines is 1. The molecule has 10 heteroatoms. The maximum Gasteiger partial charge on any atom is 0.251 e. The molecule has 3 aliphatic rings. The van der Waals surface area contributed by atoms with Crippen LogP contribution in [0.15, 0.2) is 47.3 Å². The highest BCUT2D eigenvalue weighted by Gasteiger charge is 2.48. The smallest absolute Gasteiger partial charge is 0.251 e. The monoisotopic (exact) mass is 565 g/mol. The van der Waals surface area contributed by atoms with Crippen LogP contribution in [0.1, 0.15) is 65.0 Å². The highest BCUT2D eigenvalue weighted by atomic mass is 32.1. The Balaban J connectivity index is 0.00000323. The van der Waals surface area contributed by atoms with E-state index in [0.717, 1.165) is 42.5 Å². The SMILES string of the molecule is Cc1ncoc1COc1ccc2c(c1)CCN(C[C@@H](O)CNC(=O)c1ccnc(NC3CC4(CCC4)C3)c1)C2.S. The van der Waals surface area contributed by atoms with Crippen molar-refractivity contribution in [2.24, 2.45) is 5.41 Å². The number of aliphatic hydroxyl groups excluding tert-OH is 1. The maximum atomic E-state index is 12.8. The molecule has 9 nitrogen and oxygen atoms in total. The lowest BCUT2D eigenvalue weighted by Gasteiger charge is -2.54. The third kappa shape index (κ3) is 6.45. The van der Waals surface area contributed by atoms with Gasteiger partial charge in [-0.25, -0.2) is 9.97 Å². The van der Waals surface area contributed by atoms with Gasteiger partial charge in [0.1, 0.15) is 18.2 Å². The summed E-state index contributed by atoms with van der Waals surface area (Å²) < 4.78 is 11.2. The van der Waals surface area contributed by atoms with E-state index >= 15 is 0 Å². The van der Waals surface area contributed by atoms with Crippen LogP contribution in [0, 0.1) is 12.3 Å². The number of oxazole rings is 1. The molecule has 3 N–H and O–H groups in total. The Morgan fingerprint density at radius 1 is 1.23 bits per heavy atom. The summed E-state index contributed by atoms with van der Waals surface area (Å²) in [7, 11) is 0. The third-order valence-corrected chi connectivity index (χ3v) is 8.60. The molecule has 3 heterocycles. The molecule has 1 aromatic carbocycles. The topological polar surface area (TPSA) is 113 Å². The molecule has 214 valence electrons. The summed E-state index contributed by atoms with van der Waals surface area (Å²) in [6, 6.07) is 10.1. The zero-order valence-corrected chi connectivity index (χ0v) is 24.0. The van der Waals surface area contributed by atoms with Gasteiger partial charge < -0.3 is 24.9 Å². The Labute approximate surface area is 242 Å². The van der Waals surface area contributed by atoms with E-state index in [1.54, 1.807) is 18.3 Å². The number of ether oxygens (including phenoxy) is 1. The summed E-state index contributed by atoms with van der Waals surface area (Å²) in [4.78, 5) is 23.5. The van der Waals surface area contributed by atoms with Crippen LogP contribution in [-0.2, 0) is 19.6 Å². The van der Waals surface area contributed by atoms with Crippen molar-refractivity contribution in [2.75, 3.05) is 25.0 Å². The number of carbonyl (C=O) groups is 1. The van der Waals surface area contributed by atoms with E-state index in [4.69, 9.17) is 9.15 Å². The molecule has 2 aromatic heterocycles. The molecule has 1 amide bonds. The summed E-state index contributed by atoms with van der Waals surface area (Å²) in [6.07, 6.45) is 9.80. The number of amides is 1. The number of nitrogens with one attached hydrogen (secondary N) is 2. The second-order valence-electron chi connectivity index (χ2n) is 11.5. The lowest BCUT2D eigenvalue weighted by molar-refractivity contribution is 0.0191. The molecular formula is C30H39N5O4S. The fourth-order valence-electron chi connectivity index (χ4n) is 6.15. The molecule has 6 rings (SSSR count). The number of carbonyl (C=O) groups excluding carboxylic acids is 1. The average Bonchev–Trinajstić information content (AvgIpc) is 3.31. The number of aliphatic hydroxyl groups is 1. The lowest BCUT2D eigenvalue weighted by Crippen LogP contribution is -2.49. The fraction of sp³-hybridized carbons (Fsp3) is 0.500.